The number of alkyl halides is 3. The number of halogens is 3. The summed E-state index contributed by atoms with van der Waals surface area (Å²) >= 11 is 0. The highest BCUT2D eigenvalue weighted by Gasteiger charge is 2.57. The summed E-state index contributed by atoms with van der Waals surface area (Å²) < 4.78 is 45.5. The summed E-state index contributed by atoms with van der Waals surface area (Å²) in [6.07, 6.45) is -1.53. The molecule has 0 aromatic carbocycles. The Hall–Kier alpha value is -3.71. The monoisotopic (exact) mass is 438 g/mol. The van der Waals surface area contributed by atoms with Crippen molar-refractivity contribution in [3.05, 3.63) is 41.1 Å². The molecule has 14 heteroatoms. The van der Waals surface area contributed by atoms with Crippen LogP contribution < -0.4 is 10.6 Å². The van der Waals surface area contributed by atoms with Crippen LogP contribution in [-0.2, 0) is 13.1 Å². The van der Waals surface area contributed by atoms with Crippen molar-refractivity contribution in [2.45, 2.75) is 38.7 Å². The van der Waals surface area contributed by atoms with Crippen LogP contribution in [0.2, 0.25) is 0 Å². The molecule has 2 N–H and O–H groups in total. The number of hydrogen-bond donors (Lipinski definition) is 2. The molecular formula is C17H17F3N8O3. The molecule has 1 saturated heterocycles. The van der Waals surface area contributed by atoms with Crippen LogP contribution in [0.5, 0.6) is 0 Å². The molecule has 0 bridgehead atoms. The fourth-order valence-electron chi connectivity index (χ4n) is 3.15. The number of hydrogen-bond acceptors (Lipinski definition) is 7. The molecule has 1 fully saturated rings. The van der Waals surface area contributed by atoms with E-state index in [4.69, 9.17) is 0 Å². The van der Waals surface area contributed by atoms with Crippen molar-refractivity contribution in [2.24, 2.45) is 0 Å². The summed E-state index contributed by atoms with van der Waals surface area (Å²) in [5.74, 6) is -0.475. The van der Waals surface area contributed by atoms with E-state index in [2.05, 4.69) is 30.3 Å². The summed E-state index contributed by atoms with van der Waals surface area (Å²) in [6, 6.07) is 0.810. The Labute approximate surface area is 172 Å². The van der Waals surface area contributed by atoms with Gasteiger partial charge >= 0.3 is 12.2 Å². The standard InChI is InChI=1S/C17H17F3N8O3/c1-9-13(26-31-25-9)14(29)21-5-11-7-28-12(23-11)3-10(4-22-28)6-27-8-16(2,17(18,19)20)24-15(27)30/h3-4,7H,5-6,8H2,1-2H3,(H,21,29)(H,24,30)/t16-/m0/s1. The van der Waals surface area contributed by atoms with Gasteiger partial charge in [-0.3, -0.25) is 4.79 Å². The lowest BCUT2D eigenvalue weighted by Gasteiger charge is -2.26. The Kier molecular flexibility index (Phi) is 4.78. The van der Waals surface area contributed by atoms with Crippen LogP contribution >= 0.6 is 0 Å². The second-order valence-electron chi connectivity index (χ2n) is 7.40. The van der Waals surface area contributed by atoms with Gasteiger partial charge in [-0.15, -0.1) is 0 Å². The summed E-state index contributed by atoms with van der Waals surface area (Å²) in [6.45, 7) is 2.04. The van der Waals surface area contributed by atoms with Crippen LogP contribution in [0.25, 0.3) is 5.65 Å². The number of nitrogens with zero attached hydrogens (tertiary/aromatic N) is 6. The zero-order chi connectivity index (χ0) is 22.4. The zero-order valence-corrected chi connectivity index (χ0v) is 16.4. The van der Waals surface area contributed by atoms with E-state index in [9.17, 15) is 22.8 Å². The largest absolute Gasteiger partial charge is 0.413 e. The van der Waals surface area contributed by atoms with Crippen LogP contribution in [0.3, 0.4) is 0 Å². The van der Waals surface area contributed by atoms with E-state index >= 15 is 0 Å². The molecule has 1 aliphatic heterocycles. The number of amides is 3. The number of aromatic nitrogens is 5. The van der Waals surface area contributed by atoms with Crippen molar-refractivity contribution in [3.8, 4) is 0 Å². The Balaban J connectivity index is 1.44. The molecule has 0 saturated carbocycles. The first-order valence-electron chi connectivity index (χ1n) is 9.10. The normalized spacial score (nSPS) is 19.1. The molecule has 11 nitrogen and oxygen atoms in total. The van der Waals surface area contributed by atoms with E-state index in [0.29, 0.717) is 22.6 Å². The SMILES string of the molecule is Cc1nonc1C(=O)NCc1cn2ncc(CN3C[C@@](C)(C(F)(F)F)NC3=O)cc2n1. The van der Waals surface area contributed by atoms with Crippen molar-refractivity contribution in [1.82, 2.24) is 40.4 Å². The summed E-state index contributed by atoms with van der Waals surface area (Å²) in [5.41, 5.74) is -0.461. The highest BCUT2D eigenvalue weighted by molar-refractivity contribution is 5.92. The number of nitrogens with one attached hydrogen (secondary N) is 2. The van der Waals surface area contributed by atoms with Gasteiger partial charge in [-0.2, -0.15) is 18.3 Å². The van der Waals surface area contributed by atoms with Gasteiger partial charge in [0.1, 0.15) is 5.69 Å². The maximum absolute atomic E-state index is 13.2. The zero-order valence-electron chi connectivity index (χ0n) is 16.4. The number of carbonyl (C=O) groups is 2. The molecule has 0 aliphatic carbocycles. The van der Waals surface area contributed by atoms with Gasteiger partial charge in [-0.05, 0) is 30.6 Å². The number of carbonyl (C=O) groups excluding carboxylic acids is 2. The van der Waals surface area contributed by atoms with Crippen LogP contribution in [0, 0.1) is 6.92 Å². The number of urea groups is 1. The van der Waals surface area contributed by atoms with E-state index in [1.807, 2.05) is 5.32 Å². The molecule has 0 spiro atoms. The number of fused-ring (bicyclic) bond motifs is 1. The first-order valence-corrected chi connectivity index (χ1v) is 9.10. The average molecular weight is 438 g/mol. The number of aryl methyl sites for hydroxylation is 1. The maximum atomic E-state index is 13.2. The topological polar surface area (TPSA) is 131 Å². The fourth-order valence-corrected chi connectivity index (χ4v) is 3.15. The minimum absolute atomic E-state index is 0.0572. The van der Waals surface area contributed by atoms with Crippen molar-refractivity contribution < 1.29 is 27.4 Å². The second-order valence-corrected chi connectivity index (χ2v) is 7.40. The molecular weight excluding hydrogens is 421 g/mol. The molecule has 1 atom stereocenters. The van der Waals surface area contributed by atoms with Gasteiger partial charge in [0.15, 0.2) is 16.9 Å². The van der Waals surface area contributed by atoms with E-state index in [1.165, 1.54) is 10.7 Å². The number of imidazole rings is 1. The minimum atomic E-state index is -4.57. The molecule has 4 rings (SSSR count). The molecule has 3 aromatic heterocycles. The highest BCUT2D eigenvalue weighted by atomic mass is 19.4. The lowest BCUT2D eigenvalue weighted by atomic mass is 10.0. The van der Waals surface area contributed by atoms with E-state index in [-0.39, 0.29) is 18.8 Å². The van der Waals surface area contributed by atoms with Gasteiger partial charge in [0.25, 0.3) is 5.91 Å². The Morgan fingerprint density at radius 2 is 2.16 bits per heavy atom. The third-order valence-corrected chi connectivity index (χ3v) is 4.90. The molecule has 3 amide bonds. The van der Waals surface area contributed by atoms with Crippen molar-refractivity contribution in [3.63, 3.8) is 0 Å². The van der Waals surface area contributed by atoms with Gasteiger partial charge in [-0.1, -0.05) is 5.16 Å². The first-order chi connectivity index (χ1) is 14.6. The molecule has 3 aromatic rings. The van der Waals surface area contributed by atoms with Crippen molar-refractivity contribution >= 4 is 17.6 Å². The molecule has 164 valence electrons. The predicted molar refractivity (Wildman–Crippen MR) is 96.6 cm³/mol. The van der Waals surface area contributed by atoms with E-state index in [1.54, 1.807) is 19.2 Å². The van der Waals surface area contributed by atoms with Crippen LogP contribution in [0.1, 0.15) is 34.4 Å². The lowest BCUT2D eigenvalue weighted by molar-refractivity contribution is -0.183. The van der Waals surface area contributed by atoms with Crippen molar-refractivity contribution in [2.75, 3.05) is 6.54 Å². The third kappa shape index (κ3) is 3.87. The third-order valence-electron chi connectivity index (χ3n) is 4.90. The molecule has 1 aliphatic rings. The Morgan fingerprint density at radius 3 is 2.81 bits per heavy atom. The Morgan fingerprint density at radius 1 is 1.39 bits per heavy atom. The summed E-state index contributed by atoms with van der Waals surface area (Å²) in [4.78, 5) is 29.5. The fraction of sp³-hybridized carbons (Fsp3) is 0.412. The molecule has 0 unspecified atom stereocenters. The first kappa shape index (κ1) is 20.6. The van der Waals surface area contributed by atoms with Gasteiger partial charge in [0.2, 0.25) is 0 Å². The van der Waals surface area contributed by atoms with Gasteiger partial charge in [0.05, 0.1) is 31.2 Å². The van der Waals surface area contributed by atoms with E-state index < -0.39 is 30.2 Å². The average Bonchev–Trinajstić information content (AvgIpc) is 3.36. The summed E-state index contributed by atoms with van der Waals surface area (Å²) in [5, 5.41) is 15.8. The minimum Gasteiger partial charge on any atom is -0.345 e. The van der Waals surface area contributed by atoms with E-state index in [0.717, 1.165) is 11.8 Å². The van der Waals surface area contributed by atoms with Gasteiger partial charge in [0, 0.05) is 6.54 Å². The van der Waals surface area contributed by atoms with Crippen LogP contribution in [-0.4, -0.2) is 60.0 Å². The van der Waals surface area contributed by atoms with Crippen molar-refractivity contribution in [1.29, 1.82) is 0 Å². The number of rotatable bonds is 5. The second kappa shape index (κ2) is 7.21. The molecule has 4 heterocycles. The highest BCUT2D eigenvalue weighted by Crippen LogP contribution is 2.34. The van der Waals surface area contributed by atoms with Crippen LogP contribution in [0.4, 0.5) is 18.0 Å². The van der Waals surface area contributed by atoms with Gasteiger partial charge in [-0.25, -0.2) is 18.9 Å². The molecule has 0 radical (unpaired) electrons. The predicted octanol–water partition coefficient (Wildman–Crippen LogP) is 1.20. The Bertz CT molecular complexity index is 1160. The summed E-state index contributed by atoms with van der Waals surface area (Å²) in [7, 11) is 0. The quantitative estimate of drug-likeness (QED) is 0.612. The van der Waals surface area contributed by atoms with Crippen LogP contribution in [0.15, 0.2) is 23.1 Å². The van der Waals surface area contributed by atoms with Gasteiger partial charge < -0.3 is 15.5 Å². The smallest absolute Gasteiger partial charge is 0.345 e. The molecule has 31 heavy (non-hydrogen) atoms. The maximum Gasteiger partial charge on any atom is 0.413 e. The lowest BCUT2D eigenvalue weighted by Crippen LogP contribution is -2.53.